The van der Waals surface area contributed by atoms with E-state index in [1.54, 1.807) is 0 Å². The van der Waals surface area contributed by atoms with Gasteiger partial charge >= 0.3 is 12.2 Å². The first-order chi connectivity index (χ1) is 8.24. The number of hydrogen-bond acceptors (Lipinski definition) is 6. The van der Waals surface area contributed by atoms with Gasteiger partial charge in [-0.15, -0.1) is 13.2 Å². The first kappa shape index (κ1) is 13.5. The summed E-state index contributed by atoms with van der Waals surface area (Å²) in [5.41, 5.74) is -0.584. The lowest BCUT2D eigenvalue weighted by molar-refractivity contribution is -0.390. The molecule has 0 aliphatic heterocycles. The Morgan fingerprint density at radius 3 is 2.67 bits per heavy atom. The maximum absolute atomic E-state index is 12.0. The summed E-state index contributed by atoms with van der Waals surface area (Å²) < 4.78 is 39.5. The summed E-state index contributed by atoms with van der Waals surface area (Å²) in [5, 5.41) is 27.9. The summed E-state index contributed by atoms with van der Waals surface area (Å²) in [5.74, 6) is -3.08. The zero-order valence-electron chi connectivity index (χ0n) is 8.43. The first-order valence-corrected chi connectivity index (χ1v) is 4.24. The van der Waals surface area contributed by atoms with Gasteiger partial charge in [-0.2, -0.15) is 5.26 Å². The van der Waals surface area contributed by atoms with Crippen LogP contribution >= 0.6 is 0 Å². The Morgan fingerprint density at radius 2 is 2.22 bits per heavy atom. The standard InChI is InChI=1S/C8H4F3N3O4/c9-8(10,11)18-6-3-5(15)7(14(16)17)13-4(6)1-2-12/h3,15H,1H2. The van der Waals surface area contributed by atoms with Crippen LogP contribution < -0.4 is 4.74 Å². The molecule has 1 rings (SSSR count). The van der Waals surface area contributed by atoms with Gasteiger partial charge in [0.2, 0.25) is 11.4 Å². The first-order valence-electron chi connectivity index (χ1n) is 4.24. The largest absolute Gasteiger partial charge is 0.573 e. The van der Waals surface area contributed by atoms with Crippen LogP contribution in [0.4, 0.5) is 19.0 Å². The monoisotopic (exact) mass is 263 g/mol. The van der Waals surface area contributed by atoms with Crippen LogP contribution in [0, 0.1) is 21.4 Å². The lowest BCUT2D eigenvalue weighted by atomic mass is 10.2. The van der Waals surface area contributed by atoms with Crippen LogP contribution in [0.15, 0.2) is 6.07 Å². The highest BCUT2D eigenvalue weighted by Gasteiger charge is 2.35. The third-order valence-electron chi connectivity index (χ3n) is 1.67. The molecule has 1 N–H and O–H groups in total. The highest BCUT2D eigenvalue weighted by Crippen LogP contribution is 2.33. The smallest absolute Gasteiger partial charge is 0.501 e. The fraction of sp³-hybridized carbons (Fsp3) is 0.250. The number of aromatic nitrogens is 1. The van der Waals surface area contributed by atoms with Crippen LogP contribution in [-0.4, -0.2) is 21.4 Å². The van der Waals surface area contributed by atoms with Gasteiger partial charge < -0.3 is 20.0 Å². The molecule has 0 aliphatic carbocycles. The average molecular weight is 263 g/mol. The molecule has 18 heavy (non-hydrogen) atoms. The highest BCUT2D eigenvalue weighted by molar-refractivity contribution is 5.47. The predicted molar refractivity (Wildman–Crippen MR) is 48.6 cm³/mol. The second-order valence-electron chi connectivity index (χ2n) is 2.92. The van der Waals surface area contributed by atoms with Crippen LogP contribution in [0.5, 0.6) is 11.5 Å². The highest BCUT2D eigenvalue weighted by atomic mass is 19.4. The molecule has 0 fully saturated rings. The molecule has 0 saturated heterocycles. The van der Waals surface area contributed by atoms with E-state index in [0.717, 1.165) is 0 Å². The summed E-state index contributed by atoms with van der Waals surface area (Å²) in [7, 11) is 0. The number of nitrogens with zero attached hydrogens (tertiary/aromatic N) is 3. The zero-order chi connectivity index (χ0) is 13.9. The Kier molecular flexibility index (Phi) is 3.55. The van der Waals surface area contributed by atoms with Gasteiger partial charge in [0, 0.05) is 6.07 Å². The lowest BCUT2D eigenvalue weighted by Gasteiger charge is -2.09. The minimum absolute atomic E-state index is 0.394. The fourth-order valence-corrected chi connectivity index (χ4v) is 1.06. The molecule has 0 radical (unpaired) electrons. The van der Waals surface area contributed by atoms with E-state index >= 15 is 0 Å². The van der Waals surface area contributed by atoms with Crippen LogP contribution in [0.3, 0.4) is 0 Å². The van der Waals surface area contributed by atoms with Crippen LogP contribution in [0.25, 0.3) is 0 Å². The van der Waals surface area contributed by atoms with E-state index in [1.807, 2.05) is 0 Å². The van der Waals surface area contributed by atoms with Gasteiger partial charge in [-0.3, -0.25) is 0 Å². The van der Waals surface area contributed by atoms with Crippen LogP contribution in [0.1, 0.15) is 5.69 Å². The van der Waals surface area contributed by atoms with Gasteiger partial charge in [0.1, 0.15) is 6.42 Å². The lowest BCUT2D eigenvalue weighted by Crippen LogP contribution is -2.18. The molecular weight excluding hydrogens is 259 g/mol. The van der Waals surface area contributed by atoms with Crippen LogP contribution in [-0.2, 0) is 6.42 Å². The summed E-state index contributed by atoms with van der Waals surface area (Å²) in [6.07, 6.45) is -5.69. The number of aromatic hydroxyl groups is 1. The number of pyridine rings is 1. The molecule has 0 bridgehead atoms. The molecule has 0 aliphatic rings. The van der Waals surface area contributed by atoms with E-state index in [4.69, 9.17) is 10.4 Å². The second-order valence-corrected chi connectivity index (χ2v) is 2.92. The van der Waals surface area contributed by atoms with E-state index in [2.05, 4.69) is 9.72 Å². The van der Waals surface area contributed by atoms with E-state index in [1.165, 1.54) is 6.07 Å². The van der Waals surface area contributed by atoms with Gasteiger partial charge in [0.05, 0.1) is 6.07 Å². The SMILES string of the molecule is N#CCc1nc([N+](=O)[O-])c(O)cc1OC(F)(F)F. The fourth-order valence-electron chi connectivity index (χ4n) is 1.06. The van der Waals surface area contributed by atoms with Gasteiger partial charge in [-0.05, 0) is 9.91 Å². The number of nitro groups is 1. The van der Waals surface area contributed by atoms with Gasteiger partial charge in [-0.1, -0.05) is 0 Å². The number of hydrogen-bond donors (Lipinski definition) is 1. The van der Waals surface area contributed by atoms with Crippen molar-refractivity contribution in [1.29, 1.82) is 5.26 Å². The van der Waals surface area contributed by atoms with Crippen molar-refractivity contribution in [2.24, 2.45) is 0 Å². The van der Waals surface area contributed by atoms with Crippen molar-refractivity contribution in [3.8, 4) is 17.6 Å². The Labute approximate surface area is 97.2 Å². The molecule has 1 aromatic rings. The second kappa shape index (κ2) is 4.74. The van der Waals surface area contributed by atoms with E-state index in [-0.39, 0.29) is 0 Å². The topological polar surface area (TPSA) is 109 Å². The molecule has 0 aromatic carbocycles. The van der Waals surface area contributed by atoms with Crippen molar-refractivity contribution in [1.82, 2.24) is 4.98 Å². The molecule has 10 heteroatoms. The molecule has 0 saturated carbocycles. The molecule has 0 amide bonds. The Bertz CT molecular complexity index is 524. The molecule has 7 nitrogen and oxygen atoms in total. The summed E-state index contributed by atoms with van der Waals surface area (Å²) in [4.78, 5) is 12.5. The number of alkyl halides is 3. The number of ether oxygens (including phenoxy) is 1. The molecule has 0 unspecified atom stereocenters. The molecule has 1 heterocycles. The zero-order valence-corrected chi connectivity index (χ0v) is 8.43. The third kappa shape index (κ3) is 3.21. The molecule has 0 atom stereocenters. The van der Waals surface area contributed by atoms with Gasteiger partial charge in [-0.25, -0.2) is 0 Å². The normalized spacial score (nSPS) is 10.8. The minimum Gasteiger partial charge on any atom is -0.501 e. The van der Waals surface area contributed by atoms with Crippen LogP contribution in [0.2, 0.25) is 0 Å². The number of halogens is 3. The predicted octanol–water partition coefficient (Wildman–Crippen LogP) is 1.66. The number of rotatable bonds is 3. The van der Waals surface area contributed by atoms with E-state index in [0.29, 0.717) is 6.07 Å². The molecule has 0 spiro atoms. The van der Waals surface area contributed by atoms with Crippen molar-refractivity contribution >= 4 is 5.82 Å². The summed E-state index contributed by atoms with van der Waals surface area (Å²) >= 11 is 0. The van der Waals surface area contributed by atoms with Gasteiger partial charge in [0.15, 0.2) is 5.75 Å². The minimum atomic E-state index is -5.06. The van der Waals surface area contributed by atoms with Crippen molar-refractivity contribution in [3.05, 3.63) is 21.9 Å². The Hall–Kier alpha value is -2.57. The van der Waals surface area contributed by atoms with Crippen molar-refractivity contribution in [3.63, 3.8) is 0 Å². The van der Waals surface area contributed by atoms with E-state index < -0.39 is 40.7 Å². The maximum atomic E-state index is 12.0. The Balaban J connectivity index is 3.29. The van der Waals surface area contributed by atoms with Crippen molar-refractivity contribution in [2.45, 2.75) is 12.8 Å². The van der Waals surface area contributed by atoms with E-state index in [9.17, 15) is 23.3 Å². The van der Waals surface area contributed by atoms with Crippen molar-refractivity contribution < 1.29 is 27.9 Å². The summed E-state index contributed by atoms with van der Waals surface area (Å²) in [6, 6.07) is 1.88. The molecule has 1 aromatic heterocycles. The third-order valence-corrected chi connectivity index (χ3v) is 1.67. The van der Waals surface area contributed by atoms with Gasteiger partial charge in [0.25, 0.3) is 0 Å². The summed E-state index contributed by atoms with van der Waals surface area (Å²) in [6.45, 7) is 0. The number of nitriles is 1. The Morgan fingerprint density at radius 1 is 1.61 bits per heavy atom. The van der Waals surface area contributed by atoms with Crippen molar-refractivity contribution in [2.75, 3.05) is 0 Å². The maximum Gasteiger partial charge on any atom is 0.573 e. The molecular formula is C8H4F3N3O4. The average Bonchev–Trinajstić information content (AvgIpc) is 2.19. The molecule has 96 valence electrons. The quantitative estimate of drug-likeness (QED) is 0.656.